The number of fused-ring (bicyclic) bond motifs is 3. The lowest BCUT2D eigenvalue weighted by atomic mass is 10.1. The number of rotatable bonds is 4. The third kappa shape index (κ3) is 2.71. The molecule has 0 aliphatic rings. The molecule has 0 aliphatic carbocycles. The first kappa shape index (κ1) is 14.9. The van der Waals surface area contributed by atoms with Crippen LogP contribution in [0, 0.1) is 0 Å². The van der Waals surface area contributed by atoms with Crippen molar-refractivity contribution in [3.63, 3.8) is 0 Å². The van der Waals surface area contributed by atoms with E-state index in [1.54, 1.807) is 15.6 Å². The number of nitrogens with zero attached hydrogens (tertiary/aromatic N) is 5. The fraction of sp³-hybridized carbons (Fsp3) is 0.125. The molecule has 0 unspecified atom stereocenters. The van der Waals surface area contributed by atoms with Gasteiger partial charge in [0.15, 0.2) is 5.82 Å². The number of pyridine rings is 1. The fourth-order valence-corrected chi connectivity index (χ4v) is 2.75. The highest BCUT2D eigenvalue weighted by Gasteiger charge is 2.12. The quantitative estimate of drug-likeness (QED) is 0.580. The maximum atomic E-state index is 10.7. The van der Waals surface area contributed by atoms with Gasteiger partial charge in [0.1, 0.15) is 12.1 Å². The van der Waals surface area contributed by atoms with Gasteiger partial charge in [-0.3, -0.25) is 4.68 Å². The van der Waals surface area contributed by atoms with Gasteiger partial charge < -0.3 is 16.2 Å². The Kier molecular flexibility index (Phi) is 3.46. The monoisotopic (exact) mass is 337 g/mol. The first-order valence-electron chi connectivity index (χ1n) is 7.60. The van der Waals surface area contributed by atoms with Gasteiger partial charge in [-0.25, -0.2) is 14.5 Å². The fourth-order valence-electron chi connectivity index (χ4n) is 2.75. The first-order valence-corrected chi connectivity index (χ1v) is 7.60. The van der Waals surface area contributed by atoms with Crippen LogP contribution in [-0.4, -0.2) is 37.2 Å². The highest BCUT2D eigenvalue weighted by atomic mass is 16.5. The summed E-state index contributed by atoms with van der Waals surface area (Å²) in [4.78, 5) is 15.1. The summed E-state index contributed by atoms with van der Waals surface area (Å²) in [5, 5.41) is 10.4. The molecule has 9 nitrogen and oxygen atoms in total. The van der Waals surface area contributed by atoms with Crippen LogP contribution < -0.4 is 11.5 Å². The number of aromatic nitrogens is 5. The molecule has 0 saturated carbocycles. The Hall–Kier alpha value is -3.62. The van der Waals surface area contributed by atoms with E-state index in [9.17, 15) is 4.79 Å². The van der Waals surface area contributed by atoms with E-state index in [1.807, 2.05) is 36.7 Å². The topological polar surface area (TPSA) is 127 Å². The van der Waals surface area contributed by atoms with E-state index in [1.165, 1.54) is 0 Å². The van der Waals surface area contributed by atoms with Crippen LogP contribution in [0.1, 0.15) is 0 Å². The lowest BCUT2D eigenvalue weighted by Crippen LogP contribution is -2.16. The molecule has 0 aliphatic heterocycles. The van der Waals surface area contributed by atoms with Crippen LogP contribution in [0.25, 0.3) is 27.5 Å². The molecule has 0 atom stereocenters. The zero-order chi connectivity index (χ0) is 17.4. The SMILES string of the molecule is NC(=O)OCCn1cc2c(n1)c(N)nc1cc(-n3cccn3)ccc12. The molecule has 0 saturated heterocycles. The minimum absolute atomic E-state index is 0.137. The molecule has 9 heteroatoms. The molecule has 3 aromatic heterocycles. The summed E-state index contributed by atoms with van der Waals surface area (Å²) < 4.78 is 8.15. The van der Waals surface area contributed by atoms with Crippen LogP contribution in [0.5, 0.6) is 0 Å². The van der Waals surface area contributed by atoms with Crippen molar-refractivity contribution in [1.82, 2.24) is 24.5 Å². The van der Waals surface area contributed by atoms with Crippen LogP contribution >= 0.6 is 0 Å². The van der Waals surface area contributed by atoms with Crippen molar-refractivity contribution in [3.8, 4) is 5.69 Å². The summed E-state index contributed by atoms with van der Waals surface area (Å²) in [6.45, 7) is 0.516. The Morgan fingerprint density at radius 2 is 2.16 bits per heavy atom. The molecule has 0 bridgehead atoms. The molecular weight excluding hydrogens is 322 g/mol. The van der Waals surface area contributed by atoms with Crippen LogP contribution in [0.2, 0.25) is 0 Å². The number of nitrogens with two attached hydrogens (primary N) is 2. The predicted molar refractivity (Wildman–Crippen MR) is 92.1 cm³/mol. The molecule has 1 aromatic carbocycles. The molecule has 0 spiro atoms. The summed E-state index contributed by atoms with van der Waals surface area (Å²) in [5.74, 6) is 0.342. The number of anilines is 1. The molecule has 4 aromatic rings. The summed E-state index contributed by atoms with van der Waals surface area (Å²) in [7, 11) is 0. The maximum Gasteiger partial charge on any atom is 0.404 e. The normalized spacial score (nSPS) is 11.2. The van der Waals surface area contributed by atoms with Gasteiger partial charge in [0.25, 0.3) is 0 Å². The average Bonchev–Trinajstić information content (AvgIpc) is 3.24. The highest BCUT2D eigenvalue weighted by Crippen LogP contribution is 2.28. The van der Waals surface area contributed by atoms with Crippen LogP contribution in [0.3, 0.4) is 0 Å². The van der Waals surface area contributed by atoms with Crippen molar-refractivity contribution >= 4 is 33.7 Å². The first-order chi connectivity index (χ1) is 12.1. The second kappa shape index (κ2) is 5.78. The van der Waals surface area contributed by atoms with Crippen molar-refractivity contribution in [2.45, 2.75) is 6.54 Å². The largest absolute Gasteiger partial charge is 0.448 e. The lowest BCUT2D eigenvalue weighted by molar-refractivity contribution is 0.151. The minimum Gasteiger partial charge on any atom is -0.448 e. The number of hydrogen-bond donors (Lipinski definition) is 2. The Balaban J connectivity index is 1.77. The Labute approximate surface area is 141 Å². The Morgan fingerprint density at radius 3 is 2.92 bits per heavy atom. The molecule has 25 heavy (non-hydrogen) atoms. The van der Waals surface area contributed by atoms with Gasteiger partial charge in [-0.15, -0.1) is 0 Å². The second-order valence-electron chi connectivity index (χ2n) is 5.47. The van der Waals surface area contributed by atoms with Crippen LogP contribution in [-0.2, 0) is 11.3 Å². The summed E-state index contributed by atoms with van der Waals surface area (Å²) >= 11 is 0. The average molecular weight is 337 g/mol. The van der Waals surface area contributed by atoms with E-state index in [0.717, 1.165) is 22.0 Å². The Bertz CT molecular complexity index is 1070. The minimum atomic E-state index is -0.811. The van der Waals surface area contributed by atoms with E-state index in [4.69, 9.17) is 16.2 Å². The number of carbonyl (C=O) groups is 1. The van der Waals surface area contributed by atoms with Gasteiger partial charge in [0, 0.05) is 29.4 Å². The second-order valence-corrected chi connectivity index (χ2v) is 5.47. The molecule has 3 heterocycles. The number of ether oxygens (including phenoxy) is 1. The van der Waals surface area contributed by atoms with Crippen molar-refractivity contribution in [2.75, 3.05) is 12.3 Å². The van der Waals surface area contributed by atoms with Gasteiger partial charge in [-0.2, -0.15) is 10.2 Å². The molecular formula is C16H15N7O2. The molecule has 4 rings (SSSR count). The van der Waals surface area contributed by atoms with Crippen molar-refractivity contribution < 1.29 is 9.53 Å². The third-order valence-corrected chi connectivity index (χ3v) is 3.85. The van der Waals surface area contributed by atoms with Crippen molar-refractivity contribution in [1.29, 1.82) is 0 Å². The predicted octanol–water partition coefficient (Wildman–Crippen LogP) is 1.45. The molecule has 0 fully saturated rings. The van der Waals surface area contributed by atoms with Crippen molar-refractivity contribution in [2.24, 2.45) is 5.73 Å². The number of nitrogen functional groups attached to an aromatic ring is 1. The zero-order valence-corrected chi connectivity index (χ0v) is 13.2. The van der Waals surface area contributed by atoms with E-state index in [0.29, 0.717) is 17.9 Å². The van der Waals surface area contributed by atoms with E-state index in [2.05, 4.69) is 15.2 Å². The van der Waals surface area contributed by atoms with E-state index >= 15 is 0 Å². The highest BCUT2D eigenvalue weighted by molar-refractivity contribution is 6.08. The molecule has 1 amide bonds. The summed E-state index contributed by atoms with van der Waals surface area (Å²) in [5.41, 5.74) is 13.3. The number of primary amides is 1. The standard InChI is InChI=1S/C16H15N7O2/c17-15-14-12(9-22(21-14)6-7-25-16(18)24)11-3-2-10(8-13(11)20-15)23-5-1-4-19-23/h1-5,8-9H,6-7H2,(H2,17,20)(H2,18,24). The van der Waals surface area contributed by atoms with E-state index < -0.39 is 6.09 Å². The zero-order valence-electron chi connectivity index (χ0n) is 13.2. The molecule has 126 valence electrons. The number of carbonyl (C=O) groups excluding carboxylic acids is 1. The molecule has 0 radical (unpaired) electrons. The van der Waals surface area contributed by atoms with Gasteiger partial charge in [-0.1, -0.05) is 0 Å². The smallest absolute Gasteiger partial charge is 0.404 e. The van der Waals surface area contributed by atoms with Gasteiger partial charge >= 0.3 is 6.09 Å². The number of hydrogen-bond acceptors (Lipinski definition) is 6. The van der Waals surface area contributed by atoms with Crippen LogP contribution in [0.15, 0.2) is 42.9 Å². The summed E-state index contributed by atoms with van der Waals surface area (Å²) in [6, 6.07) is 7.70. The number of amides is 1. The van der Waals surface area contributed by atoms with Gasteiger partial charge in [-0.05, 0) is 24.3 Å². The number of benzene rings is 1. The van der Waals surface area contributed by atoms with Gasteiger partial charge in [0.05, 0.1) is 17.7 Å². The van der Waals surface area contributed by atoms with Crippen molar-refractivity contribution in [3.05, 3.63) is 42.9 Å². The maximum absolute atomic E-state index is 10.7. The third-order valence-electron chi connectivity index (χ3n) is 3.85. The van der Waals surface area contributed by atoms with E-state index in [-0.39, 0.29) is 6.61 Å². The lowest BCUT2D eigenvalue weighted by Gasteiger charge is -2.05. The summed E-state index contributed by atoms with van der Waals surface area (Å²) in [6.07, 6.45) is 4.62. The van der Waals surface area contributed by atoms with Gasteiger partial charge in [0.2, 0.25) is 0 Å². The Morgan fingerprint density at radius 1 is 1.28 bits per heavy atom. The van der Waals surface area contributed by atoms with Crippen LogP contribution in [0.4, 0.5) is 10.6 Å². The molecule has 4 N–H and O–H groups in total.